The van der Waals surface area contributed by atoms with Crippen LogP contribution in [0, 0.1) is 0 Å². The summed E-state index contributed by atoms with van der Waals surface area (Å²) >= 11 is 0. The van der Waals surface area contributed by atoms with Crippen LogP contribution in [-0.4, -0.2) is 80.2 Å². The van der Waals surface area contributed by atoms with Crippen LogP contribution < -0.4 is 10.6 Å². The average Bonchev–Trinajstić information content (AvgIpc) is 3.38. The smallest absolute Gasteiger partial charge is 0.219 e. The van der Waals surface area contributed by atoms with E-state index < -0.39 is 0 Å². The maximum absolute atomic E-state index is 12.2. The molecular weight excluding hydrogens is 442 g/mol. The molecule has 1 amide bonds. The Morgan fingerprint density at radius 3 is 2.80 bits per heavy atom. The van der Waals surface area contributed by atoms with Gasteiger partial charge in [-0.2, -0.15) is 0 Å². The molecular formula is C27H35N5O3. The minimum absolute atomic E-state index is 0.0598. The maximum Gasteiger partial charge on any atom is 0.219 e. The molecule has 35 heavy (non-hydrogen) atoms. The second-order valence-corrected chi connectivity index (χ2v) is 9.66. The summed E-state index contributed by atoms with van der Waals surface area (Å²) in [6, 6.07) is 8.57. The summed E-state index contributed by atoms with van der Waals surface area (Å²) in [6.45, 7) is 6.06. The van der Waals surface area contributed by atoms with Gasteiger partial charge in [-0.3, -0.25) is 9.79 Å². The first-order chi connectivity index (χ1) is 17.0. The molecule has 0 spiro atoms. The number of anilines is 1. The molecule has 1 aromatic heterocycles. The second-order valence-electron chi connectivity index (χ2n) is 9.66. The van der Waals surface area contributed by atoms with E-state index >= 15 is 0 Å². The van der Waals surface area contributed by atoms with Crippen molar-refractivity contribution in [3.8, 4) is 0 Å². The zero-order valence-electron chi connectivity index (χ0n) is 20.7. The molecule has 8 nitrogen and oxygen atoms in total. The highest BCUT2D eigenvalue weighted by Crippen LogP contribution is 2.30. The number of hydrogen-bond donors (Lipinski definition) is 1. The fourth-order valence-electron chi connectivity index (χ4n) is 5.30. The van der Waals surface area contributed by atoms with Crippen molar-refractivity contribution in [1.82, 2.24) is 9.88 Å². The van der Waals surface area contributed by atoms with Crippen molar-refractivity contribution >= 4 is 33.9 Å². The number of rotatable bonds is 4. The number of ether oxygens (including phenoxy) is 2. The van der Waals surface area contributed by atoms with Crippen molar-refractivity contribution in [3.05, 3.63) is 41.6 Å². The Kier molecular flexibility index (Phi) is 7.02. The Balaban J connectivity index is 1.52. The topological polar surface area (TPSA) is 93.3 Å². The summed E-state index contributed by atoms with van der Waals surface area (Å²) < 4.78 is 11.0. The first kappa shape index (κ1) is 23.8. The van der Waals surface area contributed by atoms with Gasteiger partial charge in [0.25, 0.3) is 0 Å². The van der Waals surface area contributed by atoms with Crippen LogP contribution in [-0.2, 0) is 14.3 Å². The van der Waals surface area contributed by atoms with Crippen molar-refractivity contribution in [2.24, 2.45) is 10.7 Å². The number of benzene rings is 1. The summed E-state index contributed by atoms with van der Waals surface area (Å²) in [7, 11) is 1.77. The van der Waals surface area contributed by atoms with E-state index in [1.807, 2.05) is 23.2 Å². The summed E-state index contributed by atoms with van der Waals surface area (Å²) in [6.07, 6.45) is 5.76. The van der Waals surface area contributed by atoms with Gasteiger partial charge >= 0.3 is 0 Å². The summed E-state index contributed by atoms with van der Waals surface area (Å²) in [4.78, 5) is 26.2. The number of methoxy groups -OCH3 is 1. The van der Waals surface area contributed by atoms with Crippen molar-refractivity contribution in [3.63, 3.8) is 0 Å². The van der Waals surface area contributed by atoms with Crippen molar-refractivity contribution in [1.29, 1.82) is 0 Å². The van der Waals surface area contributed by atoms with Crippen molar-refractivity contribution in [2.75, 3.05) is 51.4 Å². The Hall–Kier alpha value is -2.97. The molecule has 0 bridgehead atoms. The molecule has 3 saturated heterocycles. The van der Waals surface area contributed by atoms with E-state index in [0.717, 1.165) is 85.4 Å². The number of likely N-dealkylation sites (tertiary alicyclic amines) is 1. The van der Waals surface area contributed by atoms with E-state index in [-0.39, 0.29) is 18.1 Å². The molecule has 2 N–H and O–H groups in total. The number of aliphatic imine (C=N–C) groups is 1. The molecule has 2 aromatic rings. The lowest BCUT2D eigenvalue weighted by molar-refractivity contribution is -0.128. The Bertz CT molecular complexity index is 1150. The molecule has 1 unspecified atom stereocenters. The highest BCUT2D eigenvalue weighted by molar-refractivity contribution is 6.10. The molecule has 1 aromatic carbocycles. The molecule has 3 aliphatic rings. The summed E-state index contributed by atoms with van der Waals surface area (Å²) in [5.74, 6) is 1.02. The number of hydrogen-bond acceptors (Lipinski definition) is 7. The van der Waals surface area contributed by atoms with E-state index in [9.17, 15) is 4.79 Å². The Morgan fingerprint density at radius 1 is 1.23 bits per heavy atom. The Labute approximate surface area is 206 Å². The van der Waals surface area contributed by atoms with Gasteiger partial charge in [-0.15, -0.1) is 0 Å². The number of aromatic nitrogens is 1. The molecule has 4 heterocycles. The predicted molar refractivity (Wildman–Crippen MR) is 139 cm³/mol. The van der Waals surface area contributed by atoms with Gasteiger partial charge in [-0.25, -0.2) is 4.98 Å². The van der Waals surface area contributed by atoms with Gasteiger partial charge in [0.1, 0.15) is 5.82 Å². The lowest BCUT2D eigenvalue weighted by atomic mass is 9.94. The van der Waals surface area contributed by atoms with Crippen LogP contribution in [0.4, 0.5) is 5.82 Å². The zero-order valence-corrected chi connectivity index (χ0v) is 20.7. The van der Waals surface area contributed by atoms with Gasteiger partial charge in [0.15, 0.2) is 0 Å². The average molecular weight is 478 g/mol. The van der Waals surface area contributed by atoms with E-state index in [2.05, 4.69) is 17.0 Å². The molecule has 1 atom stereocenters. The van der Waals surface area contributed by atoms with Crippen LogP contribution >= 0.6 is 0 Å². The fraction of sp³-hybridized carbons (Fsp3) is 0.519. The minimum atomic E-state index is 0.0598. The number of pyridine rings is 1. The first-order valence-electron chi connectivity index (χ1n) is 12.6. The number of piperidine rings is 1. The van der Waals surface area contributed by atoms with Gasteiger partial charge < -0.3 is 25.0 Å². The molecule has 5 rings (SSSR count). The second kappa shape index (κ2) is 10.3. The molecule has 3 aliphatic heterocycles. The normalized spacial score (nSPS) is 24.4. The molecule has 0 saturated carbocycles. The number of fused-ring (bicyclic) bond motifs is 1. The molecule has 8 heteroatoms. The first-order valence-corrected chi connectivity index (χ1v) is 12.6. The van der Waals surface area contributed by atoms with Gasteiger partial charge in [0, 0.05) is 94.0 Å². The van der Waals surface area contributed by atoms with Gasteiger partial charge in [-0.1, -0.05) is 18.2 Å². The number of nitrogens with two attached hydrogens (primary N) is 1. The third-order valence-corrected chi connectivity index (χ3v) is 7.46. The lowest BCUT2D eigenvalue weighted by Crippen LogP contribution is -2.40. The van der Waals surface area contributed by atoms with E-state index in [4.69, 9.17) is 25.2 Å². The van der Waals surface area contributed by atoms with Crippen LogP contribution in [0.2, 0.25) is 0 Å². The molecule has 186 valence electrons. The van der Waals surface area contributed by atoms with E-state index in [1.165, 1.54) is 0 Å². The molecule has 3 fully saturated rings. The number of carbonyl (C=O) groups excluding carboxylic acids is 1. The molecule has 0 radical (unpaired) electrons. The third kappa shape index (κ3) is 5.04. The highest BCUT2D eigenvalue weighted by atomic mass is 16.5. The van der Waals surface area contributed by atoms with Gasteiger partial charge in [-0.05, 0) is 30.7 Å². The zero-order chi connectivity index (χ0) is 24.4. The van der Waals surface area contributed by atoms with Crippen LogP contribution in [0.15, 0.2) is 41.0 Å². The monoisotopic (exact) mass is 477 g/mol. The predicted octanol–water partition coefficient (Wildman–Crippen LogP) is 3.00. The summed E-state index contributed by atoms with van der Waals surface area (Å²) in [5, 5.41) is 2.10. The van der Waals surface area contributed by atoms with Crippen LogP contribution in [0.5, 0.6) is 0 Å². The standard InChI is InChI=1S/C27H35N5O3/c1-18(33)31-11-7-25(30-20-8-12-35-13-9-20)24(17-31)27(28)22-5-3-4-19-14-26(29-15-23(19)22)32-10-6-21(16-32)34-2/h3-5,14-15,20-21H,6-13,16-17,28H2,1-2H3. The quantitative estimate of drug-likeness (QED) is 0.728. The number of nitrogens with zero attached hydrogens (tertiary/aromatic N) is 4. The van der Waals surface area contributed by atoms with E-state index in [0.29, 0.717) is 18.8 Å². The Morgan fingerprint density at radius 2 is 2.06 bits per heavy atom. The minimum Gasteiger partial charge on any atom is -0.398 e. The van der Waals surface area contributed by atoms with Crippen molar-refractivity contribution in [2.45, 2.75) is 44.8 Å². The van der Waals surface area contributed by atoms with Crippen LogP contribution in [0.3, 0.4) is 0 Å². The maximum atomic E-state index is 12.2. The largest absolute Gasteiger partial charge is 0.398 e. The van der Waals surface area contributed by atoms with Crippen LogP contribution in [0.1, 0.15) is 38.2 Å². The van der Waals surface area contributed by atoms with Crippen molar-refractivity contribution < 1.29 is 14.3 Å². The van der Waals surface area contributed by atoms with Crippen LogP contribution in [0.25, 0.3) is 16.5 Å². The fourth-order valence-corrected chi connectivity index (χ4v) is 5.30. The van der Waals surface area contributed by atoms with Gasteiger partial charge in [0.05, 0.1) is 12.1 Å². The summed E-state index contributed by atoms with van der Waals surface area (Å²) in [5.41, 5.74) is 10.5. The lowest BCUT2D eigenvalue weighted by Gasteiger charge is -2.31. The molecule has 0 aliphatic carbocycles. The highest BCUT2D eigenvalue weighted by Gasteiger charge is 2.27. The van der Waals surface area contributed by atoms with E-state index in [1.54, 1.807) is 14.0 Å². The third-order valence-electron chi connectivity index (χ3n) is 7.46. The number of amides is 1. The SMILES string of the molecule is COC1CCN(c2cc3cccc(C(N)=C4CN(C(C)=O)CCC4=NC4CCOCC4)c3cn2)C1. The number of carbonyl (C=O) groups is 1. The van der Waals surface area contributed by atoms with Gasteiger partial charge in [0.2, 0.25) is 5.91 Å².